The van der Waals surface area contributed by atoms with Crippen LogP contribution in [0.3, 0.4) is 0 Å². The van der Waals surface area contributed by atoms with Gasteiger partial charge >= 0.3 is 0 Å². The van der Waals surface area contributed by atoms with Crippen LogP contribution in [0.5, 0.6) is 0 Å². The maximum atomic E-state index is 11.5. The van der Waals surface area contributed by atoms with Crippen molar-refractivity contribution in [1.29, 1.82) is 0 Å². The zero-order valence-corrected chi connectivity index (χ0v) is 11.0. The van der Waals surface area contributed by atoms with Gasteiger partial charge in [-0.15, -0.1) is 0 Å². The van der Waals surface area contributed by atoms with Gasteiger partial charge in [-0.25, -0.2) is 0 Å². The molecule has 0 saturated heterocycles. The van der Waals surface area contributed by atoms with Gasteiger partial charge in [0.1, 0.15) is 6.04 Å². The molecule has 0 aliphatic heterocycles. The summed E-state index contributed by atoms with van der Waals surface area (Å²) in [5.41, 5.74) is 6.65. The lowest BCUT2D eigenvalue weighted by molar-refractivity contribution is 0.0942. The average molecular weight is 281 g/mol. The fraction of sp³-hybridized carbons (Fsp3) is 0.250. The maximum Gasteiger partial charge on any atom is 0.292 e. The van der Waals surface area contributed by atoms with E-state index in [1.165, 1.54) is 0 Å². The number of carbonyl (C=O) groups is 1. The molecule has 6 nitrogen and oxygen atoms in total. The predicted molar refractivity (Wildman–Crippen MR) is 69.8 cm³/mol. The van der Waals surface area contributed by atoms with Gasteiger partial charge in [0, 0.05) is 11.6 Å². The predicted octanol–water partition coefficient (Wildman–Crippen LogP) is 1.52. The summed E-state index contributed by atoms with van der Waals surface area (Å²) in [6.07, 6.45) is 0. The number of rotatable bonds is 4. The molecule has 19 heavy (non-hydrogen) atoms. The Hall–Kier alpha value is -1.92. The molecule has 3 N–H and O–H groups in total. The first-order valence-electron chi connectivity index (χ1n) is 5.75. The van der Waals surface area contributed by atoms with Crippen molar-refractivity contribution in [1.82, 2.24) is 15.5 Å². The van der Waals surface area contributed by atoms with Gasteiger partial charge < -0.3 is 15.6 Å². The molecule has 2 aromatic rings. The van der Waals surface area contributed by atoms with Gasteiger partial charge in [0.25, 0.3) is 11.7 Å². The zero-order valence-electron chi connectivity index (χ0n) is 10.3. The summed E-state index contributed by atoms with van der Waals surface area (Å²) in [4.78, 5) is 15.5. The van der Waals surface area contributed by atoms with Crippen molar-refractivity contribution in [2.45, 2.75) is 13.0 Å². The van der Waals surface area contributed by atoms with Crippen LogP contribution in [0.4, 0.5) is 0 Å². The van der Waals surface area contributed by atoms with Crippen molar-refractivity contribution < 1.29 is 9.32 Å². The summed E-state index contributed by atoms with van der Waals surface area (Å²) in [6, 6.07) is 6.43. The normalized spacial score (nSPS) is 12.2. The molecule has 1 amide bonds. The number of benzene rings is 1. The van der Waals surface area contributed by atoms with Crippen LogP contribution in [-0.2, 0) is 0 Å². The number of carbonyl (C=O) groups excluding carboxylic acids is 1. The number of hydrogen-bond donors (Lipinski definition) is 2. The highest BCUT2D eigenvalue weighted by Gasteiger charge is 2.21. The molecule has 100 valence electrons. The van der Waals surface area contributed by atoms with Gasteiger partial charge in [-0.3, -0.25) is 4.79 Å². The van der Waals surface area contributed by atoms with Crippen LogP contribution in [0.2, 0.25) is 5.02 Å². The first-order chi connectivity index (χ1) is 9.13. The van der Waals surface area contributed by atoms with Crippen LogP contribution >= 0.6 is 11.6 Å². The van der Waals surface area contributed by atoms with E-state index < -0.39 is 11.9 Å². The molecule has 0 radical (unpaired) electrons. The Bertz CT molecular complexity index is 585. The van der Waals surface area contributed by atoms with Crippen LogP contribution in [-0.4, -0.2) is 22.6 Å². The summed E-state index contributed by atoms with van der Waals surface area (Å²) in [5.74, 6) is -0.294. The highest BCUT2D eigenvalue weighted by Crippen LogP contribution is 2.25. The topological polar surface area (TPSA) is 94.0 Å². The summed E-state index contributed by atoms with van der Waals surface area (Å²) in [6.45, 7) is 2.29. The summed E-state index contributed by atoms with van der Waals surface area (Å²) >= 11 is 6.04. The number of halogens is 1. The lowest BCUT2D eigenvalue weighted by Crippen LogP contribution is -2.24. The van der Waals surface area contributed by atoms with Crippen molar-refractivity contribution in [2.75, 3.05) is 6.54 Å². The second-order valence-electron chi connectivity index (χ2n) is 3.81. The SMILES string of the molecule is CCNC(=O)c1noc([C@H](N)c2ccccc2Cl)n1. The number of aromatic nitrogens is 2. The fourth-order valence-corrected chi connectivity index (χ4v) is 1.81. The van der Waals surface area contributed by atoms with Gasteiger partial charge in [-0.1, -0.05) is 35.0 Å². The quantitative estimate of drug-likeness (QED) is 0.885. The lowest BCUT2D eigenvalue weighted by atomic mass is 10.1. The highest BCUT2D eigenvalue weighted by atomic mass is 35.5. The van der Waals surface area contributed by atoms with E-state index in [0.717, 1.165) is 0 Å². The van der Waals surface area contributed by atoms with E-state index in [2.05, 4.69) is 15.5 Å². The third-order valence-corrected chi connectivity index (χ3v) is 2.83. The van der Waals surface area contributed by atoms with E-state index in [0.29, 0.717) is 17.1 Å². The van der Waals surface area contributed by atoms with Crippen LogP contribution in [0.15, 0.2) is 28.8 Å². The first-order valence-corrected chi connectivity index (χ1v) is 6.13. The third-order valence-electron chi connectivity index (χ3n) is 2.49. The number of nitrogens with two attached hydrogens (primary N) is 1. The maximum absolute atomic E-state index is 11.5. The Morgan fingerprint density at radius 2 is 2.26 bits per heavy atom. The second kappa shape index (κ2) is 5.81. The van der Waals surface area contributed by atoms with E-state index in [1.807, 2.05) is 6.07 Å². The van der Waals surface area contributed by atoms with Crippen LogP contribution in [0.1, 0.15) is 35.0 Å². The fourth-order valence-electron chi connectivity index (χ4n) is 1.55. The van der Waals surface area contributed by atoms with E-state index in [1.54, 1.807) is 25.1 Å². The molecule has 0 bridgehead atoms. The number of nitrogens with zero attached hydrogens (tertiary/aromatic N) is 2. The molecule has 1 heterocycles. The van der Waals surface area contributed by atoms with Crippen molar-refractivity contribution in [3.8, 4) is 0 Å². The Kier molecular flexibility index (Phi) is 4.13. The van der Waals surface area contributed by atoms with E-state index in [9.17, 15) is 4.79 Å². The van der Waals surface area contributed by atoms with Gasteiger partial charge in [0.2, 0.25) is 5.89 Å². The summed E-state index contributed by atoms with van der Waals surface area (Å²) < 4.78 is 5.00. The Balaban J connectivity index is 2.23. The molecular weight excluding hydrogens is 268 g/mol. The van der Waals surface area contributed by atoms with E-state index in [4.69, 9.17) is 21.9 Å². The van der Waals surface area contributed by atoms with Crippen molar-refractivity contribution in [3.63, 3.8) is 0 Å². The van der Waals surface area contributed by atoms with Crippen LogP contribution in [0, 0.1) is 0 Å². The molecule has 0 aliphatic carbocycles. The molecule has 1 aromatic carbocycles. The molecule has 0 aliphatic rings. The van der Waals surface area contributed by atoms with Gasteiger partial charge in [-0.2, -0.15) is 4.98 Å². The Morgan fingerprint density at radius 1 is 1.53 bits per heavy atom. The number of amides is 1. The van der Waals surface area contributed by atoms with Crippen molar-refractivity contribution >= 4 is 17.5 Å². The molecule has 0 saturated carbocycles. The minimum Gasteiger partial charge on any atom is -0.349 e. The van der Waals surface area contributed by atoms with Crippen molar-refractivity contribution in [2.24, 2.45) is 5.73 Å². The minimum absolute atomic E-state index is 0.0423. The molecule has 2 rings (SSSR count). The third kappa shape index (κ3) is 2.91. The monoisotopic (exact) mass is 280 g/mol. The molecule has 7 heteroatoms. The number of hydrogen-bond acceptors (Lipinski definition) is 5. The Morgan fingerprint density at radius 3 is 2.95 bits per heavy atom. The zero-order chi connectivity index (χ0) is 13.8. The Labute approximate surface area is 114 Å². The van der Waals surface area contributed by atoms with Gasteiger partial charge in [-0.05, 0) is 18.6 Å². The van der Waals surface area contributed by atoms with Gasteiger partial charge in [0.05, 0.1) is 0 Å². The second-order valence-corrected chi connectivity index (χ2v) is 4.22. The molecule has 0 unspecified atom stereocenters. The minimum atomic E-state index is -0.663. The first kappa shape index (κ1) is 13.5. The molecule has 0 spiro atoms. The van der Waals surface area contributed by atoms with Crippen LogP contribution < -0.4 is 11.1 Å². The molecule has 1 atom stereocenters. The highest BCUT2D eigenvalue weighted by molar-refractivity contribution is 6.31. The summed E-state index contributed by atoms with van der Waals surface area (Å²) in [7, 11) is 0. The van der Waals surface area contributed by atoms with E-state index >= 15 is 0 Å². The molecule has 1 aromatic heterocycles. The van der Waals surface area contributed by atoms with Gasteiger partial charge in [0.15, 0.2) is 0 Å². The van der Waals surface area contributed by atoms with Crippen molar-refractivity contribution in [3.05, 3.63) is 46.6 Å². The lowest BCUT2D eigenvalue weighted by Gasteiger charge is -2.08. The van der Waals surface area contributed by atoms with E-state index in [-0.39, 0.29) is 11.7 Å². The summed E-state index contributed by atoms with van der Waals surface area (Å²) in [5, 5.41) is 6.67. The standard InChI is InChI=1S/C12H13ClN4O2/c1-2-15-11(18)10-16-12(19-17-10)9(14)7-5-3-4-6-8(7)13/h3-6,9H,2,14H2,1H3,(H,15,18)/t9-/m1/s1. The average Bonchev–Trinajstić information content (AvgIpc) is 2.88. The molecule has 0 fully saturated rings. The molecular formula is C12H13ClN4O2. The van der Waals surface area contributed by atoms with Crippen LogP contribution in [0.25, 0.3) is 0 Å². The number of nitrogens with one attached hydrogen (secondary N) is 1. The largest absolute Gasteiger partial charge is 0.349 e. The smallest absolute Gasteiger partial charge is 0.292 e.